The van der Waals surface area contributed by atoms with Crippen LogP contribution in [-0.4, -0.2) is 28.4 Å². The molecule has 0 radical (unpaired) electrons. The summed E-state index contributed by atoms with van der Waals surface area (Å²) in [6.07, 6.45) is 0. The number of aromatic nitrogens is 2. The van der Waals surface area contributed by atoms with Gasteiger partial charge in [-0.3, -0.25) is 9.59 Å². The van der Waals surface area contributed by atoms with E-state index in [9.17, 15) is 14.0 Å². The van der Waals surface area contributed by atoms with Gasteiger partial charge in [-0.25, -0.2) is 13.8 Å². The Labute approximate surface area is 151 Å². The van der Waals surface area contributed by atoms with E-state index in [0.29, 0.717) is 35.3 Å². The fourth-order valence-electron chi connectivity index (χ4n) is 2.75. The van der Waals surface area contributed by atoms with Crippen molar-refractivity contribution in [3.8, 4) is 5.75 Å². The number of carbonyl (C=O) groups is 1. The predicted molar refractivity (Wildman–Crippen MR) is 93.4 cm³/mol. The highest BCUT2D eigenvalue weighted by atomic mass is 32.1. The summed E-state index contributed by atoms with van der Waals surface area (Å²) in [7, 11) is 0. The Hall–Kier alpha value is -2.58. The molecule has 0 amide bonds. The van der Waals surface area contributed by atoms with Crippen LogP contribution in [0.15, 0.2) is 35.1 Å². The van der Waals surface area contributed by atoms with Crippen LogP contribution in [0.5, 0.6) is 5.75 Å². The number of nitrogens with zero attached hydrogens (tertiary/aromatic N) is 2. The van der Waals surface area contributed by atoms with Gasteiger partial charge in [-0.15, -0.1) is 11.3 Å². The highest BCUT2D eigenvalue weighted by molar-refractivity contribution is 7.17. The van der Waals surface area contributed by atoms with E-state index in [1.807, 2.05) is 0 Å². The second-order valence-corrected chi connectivity index (χ2v) is 7.23. The molecule has 0 bridgehead atoms. The zero-order chi connectivity index (χ0) is 18.3. The number of carbonyl (C=O) groups excluding carboxylic acids is 1. The van der Waals surface area contributed by atoms with Crippen LogP contribution in [0, 0.1) is 18.7 Å². The van der Waals surface area contributed by atoms with Gasteiger partial charge in [0.05, 0.1) is 24.8 Å². The standard InChI is InChI=1S/C18H15FN2O4S/c1-10-16(17(23)11-7-24-8-11)21-15(22)6-13(20-18(21)26-10)9-25-14-4-2-12(19)3-5-14/h2-6,11H,7-9H2,1H3. The van der Waals surface area contributed by atoms with Crippen LogP contribution >= 0.6 is 11.3 Å². The molecule has 0 aliphatic carbocycles. The zero-order valence-electron chi connectivity index (χ0n) is 13.9. The average molecular weight is 374 g/mol. The van der Waals surface area contributed by atoms with Crippen molar-refractivity contribution >= 4 is 22.1 Å². The zero-order valence-corrected chi connectivity index (χ0v) is 14.7. The number of thiazole rings is 1. The molecule has 0 atom stereocenters. The summed E-state index contributed by atoms with van der Waals surface area (Å²) >= 11 is 1.30. The first-order valence-corrected chi connectivity index (χ1v) is 8.87. The molecule has 2 aromatic heterocycles. The molecule has 1 saturated heterocycles. The number of Topliss-reactive ketones (excluding diaryl/α,β-unsaturated/α-hetero) is 1. The van der Waals surface area contributed by atoms with E-state index < -0.39 is 0 Å². The van der Waals surface area contributed by atoms with Crippen molar-refractivity contribution in [2.75, 3.05) is 13.2 Å². The van der Waals surface area contributed by atoms with Crippen molar-refractivity contribution in [3.05, 3.63) is 62.8 Å². The van der Waals surface area contributed by atoms with Crippen molar-refractivity contribution in [1.82, 2.24) is 9.38 Å². The number of ketones is 1. The summed E-state index contributed by atoms with van der Waals surface area (Å²) in [5.41, 5.74) is 0.522. The number of hydrogen-bond acceptors (Lipinski definition) is 6. The Balaban J connectivity index is 1.63. The maximum absolute atomic E-state index is 12.9. The lowest BCUT2D eigenvalue weighted by atomic mass is 9.99. The van der Waals surface area contributed by atoms with E-state index in [1.54, 1.807) is 6.92 Å². The topological polar surface area (TPSA) is 69.9 Å². The largest absolute Gasteiger partial charge is 0.487 e. The monoisotopic (exact) mass is 374 g/mol. The highest BCUT2D eigenvalue weighted by Gasteiger charge is 2.31. The van der Waals surface area contributed by atoms with Crippen LogP contribution in [0.2, 0.25) is 0 Å². The smallest absolute Gasteiger partial charge is 0.259 e. The minimum absolute atomic E-state index is 0.0774. The average Bonchev–Trinajstić information content (AvgIpc) is 2.89. The molecule has 26 heavy (non-hydrogen) atoms. The third kappa shape index (κ3) is 3.02. The number of aryl methyl sites for hydroxylation is 1. The first kappa shape index (κ1) is 16.9. The molecule has 6 nitrogen and oxygen atoms in total. The predicted octanol–water partition coefficient (Wildman–Crippen LogP) is 2.61. The van der Waals surface area contributed by atoms with Crippen LogP contribution in [0.25, 0.3) is 4.96 Å². The number of halogens is 1. The Bertz CT molecular complexity index is 1040. The quantitative estimate of drug-likeness (QED) is 0.642. The Morgan fingerprint density at radius 3 is 2.77 bits per heavy atom. The number of benzene rings is 1. The first-order valence-electron chi connectivity index (χ1n) is 8.05. The number of fused-ring (bicyclic) bond motifs is 1. The SMILES string of the molecule is Cc1sc2nc(COc3ccc(F)cc3)cc(=O)n2c1C(=O)C1COC1. The summed E-state index contributed by atoms with van der Waals surface area (Å²) in [6, 6.07) is 6.97. The van der Waals surface area contributed by atoms with Gasteiger partial charge in [0.25, 0.3) is 5.56 Å². The highest BCUT2D eigenvalue weighted by Crippen LogP contribution is 2.25. The van der Waals surface area contributed by atoms with Crippen LogP contribution < -0.4 is 10.3 Å². The second-order valence-electron chi connectivity index (χ2n) is 6.05. The maximum atomic E-state index is 12.9. The lowest BCUT2D eigenvalue weighted by Gasteiger charge is -2.24. The van der Waals surface area contributed by atoms with E-state index in [1.165, 1.54) is 46.1 Å². The van der Waals surface area contributed by atoms with Gasteiger partial charge >= 0.3 is 0 Å². The van der Waals surface area contributed by atoms with E-state index >= 15 is 0 Å². The normalized spacial score (nSPS) is 14.4. The van der Waals surface area contributed by atoms with Gasteiger partial charge in [-0.05, 0) is 31.2 Å². The van der Waals surface area contributed by atoms with Gasteiger partial charge in [-0.1, -0.05) is 0 Å². The molecular weight excluding hydrogens is 359 g/mol. The van der Waals surface area contributed by atoms with Crippen LogP contribution in [0.1, 0.15) is 21.1 Å². The Morgan fingerprint density at radius 1 is 1.38 bits per heavy atom. The first-order chi connectivity index (χ1) is 12.5. The molecule has 1 aliphatic heterocycles. The van der Waals surface area contributed by atoms with Crippen molar-refractivity contribution in [1.29, 1.82) is 0 Å². The van der Waals surface area contributed by atoms with Gasteiger partial charge < -0.3 is 9.47 Å². The molecule has 3 aromatic rings. The fraction of sp³-hybridized carbons (Fsp3) is 0.278. The third-order valence-electron chi connectivity index (χ3n) is 4.19. The molecule has 0 N–H and O–H groups in total. The van der Waals surface area contributed by atoms with Gasteiger partial charge in [0, 0.05) is 10.9 Å². The summed E-state index contributed by atoms with van der Waals surface area (Å²) in [4.78, 5) is 30.8. The third-order valence-corrected chi connectivity index (χ3v) is 5.14. The van der Waals surface area contributed by atoms with Crippen molar-refractivity contribution in [2.24, 2.45) is 5.92 Å². The lowest BCUT2D eigenvalue weighted by Crippen LogP contribution is -2.36. The minimum Gasteiger partial charge on any atom is -0.487 e. The molecule has 134 valence electrons. The van der Waals surface area contributed by atoms with Crippen molar-refractivity contribution < 1.29 is 18.7 Å². The molecule has 4 rings (SSSR count). The number of rotatable bonds is 5. The fourth-order valence-corrected chi connectivity index (χ4v) is 3.75. The molecule has 0 saturated carbocycles. The van der Waals surface area contributed by atoms with Crippen LogP contribution in [0.3, 0.4) is 0 Å². The van der Waals surface area contributed by atoms with E-state index in [-0.39, 0.29) is 29.7 Å². The lowest BCUT2D eigenvalue weighted by molar-refractivity contribution is -0.0197. The Kier molecular flexibility index (Phi) is 4.29. The molecular formula is C18H15FN2O4S. The van der Waals surface area contributed by atoms with Crippen LogP contribution in [0.4, 0.5) is 4.39 Å². The molecule has 8 heteroatoms. The molecule has 0 unspecified atom stereocenters. The summed E-state index contributed by atoms with van der Waals surface area (Å²) in [6.45, 7) is 2.66. The second kappa shape index (κ2) is 6.62. The van der Waals surface area contributed by atoms with E-state index in [4.69, 9.17) is 9.47 Å². The maximum Gasteiger partial charge on any atom is 0.259 e. The molecule has 1 aromatic carbocycles. The summed E-state index contributed by atoms with van der Waals surface area (Å²) < 4.78 is 24.9. The van der Waals surface area contributed by atoms with Crippen molar-refractivity contribution in [3.63, 3.8) is 0 Å². The number of ether oxygens (including phenoxy) is 2. The Morgan fingerprint density at radius 2 is 2.12 bits per heavy atom. The minimum atomic E-state index is -0.349. The molecule has 3 heterocycles. The van der Waals surface area contributed by atoms with E-state index in [0.717, 1.165) is 4.88 Å². The molecule has 1 aliphatic rings. The molecule has 1 fully saturated rings. The van der Waals surface area contributed by atoms with Gasteiger partial charge in [0.1, 0.15) is 23.9 Å². The van der Waals surface area contributed by atoms with Crippen molar-refractivity contribution in [2.45, 2.75) is 13.5 Å². The number of hydrogen-bond donors (Lipinski definition) is 0. The van der Waals surface area contributed by atoms with E-state index in [2.05, 4.69) is 4.98 Å². The molecule has 0 spiro atoms. The van der Waals surface area contributed by atoms with Gasteiger partial charge in [0.15, 0.2) is 10.7 Å². The summed E-state index contributed by atoms with van der Waals surface area (Å²) in [5, 5.41) is 0. The van der Waals surface area contributed by atoms with Gasteiger partial charge in [0.2, 0.25) is 0 Å². The van der Waals surface area contributed by atoms with Gasteiger partial charge in [-0.2, -0.15) is 0 Å². The van der Waals surface area contributed by atoms with Crippen LogP contribution in [-0.2, 0) is 11.3 Å². The summed E-state index contributed by atoms with van der Waals surface area (Å²) in [5.74, 6) is -0.144.